The van der Waals surface area contributed by atoms with E-state index in [9.17, 15) is 0 Å². The monoisotopic (exact) mass is 720 g/mol. The number of rotatable bonds is 7. The molecule has 8 aromatic rings. The largest absolute Gasteiger partial charge is 0.328 e. The highest BCUT2D eigenvalue weighted by molar-refractivity contribution is 6.11. The highest BCUT2D eigenvalue weighted by Gasteiger charge is 2.29. The van der Waals surface area contributed by atoms with E-state index in [1.807, 2.05) is 6.07 Å². The van der Waals surface area contributed by atoms with Crippen molar-refractivity contribution >= 4 is 44.5 Å². The molecule has 4 heteroatoms. The number of hydrogen-bond donors (Lipinski definition) is 3. The van der Waals surface area contributed by atoms with E-state index in [2.05, 4.69) is 210 Å². The molecule has 0 aromatic heterocycles. The van der Waals surface area contributed by atoms with E-state index in [0.29, 0.717) is 0 Å². The summed E-state index contributed by atoms with van der Waals surface area (Å²) in [6, 6.07) is 67.2. The van der Waals surface area contributed by atoms with Gasteiger partial charge < -0.3 is 10.6 Å². The van der Waals surface area contributed by atoms with Crippen molar-refractivity contribution in [2.45, 2.75) is 6.17 Å². The zero-order chi connectivity index (χ0) is 37.3. The Kier molecular flexibility index (Phi) is 8.71. The van der Waals surface area contributed by atoms with Crippen molar-refractivity contribution in [3.8, 4) is 22.3 Å². The molecule has 0 spiro atoms. The summed E-state index contributed by atoms with van der Waals surface area (Å²) in [6.45, 7) is 0.816. The first-order chi connectivity index (χ1) is 27.7. The molecule has 0 radical (unpaired) electrons. The summed E-state index contributed by atoms with van der Waals surface area (Å²) >= 11 is 0. The van der Waals surface area contributed by atoms with Crippen LogP contribution in [0, 0.1) is 0 Å². The normalized spacial score (nSPS) is 15.4. The topological polar surface area (TPSA) is 55.0 Å². The number of aliphatic imine (C=N–C) groups is 1. The lowest BCUT2D eigenvalue weighted by Crippen LogP contribution is -2.82. The van der Waals surface area contributed by atoms with E-state index < -0.39 is 0 Å². The second-order valence-electron chi connectivity index (χ2n) is 14.5. The number of hydrogen-bond acceptors (Lipinski definition) is 2. The van der Waals surface area contributed by atoms with Crippen LogP contribution in [0.5, 0.6) is 0 Å². The summed E-state index contributed by atoms with van der Waals surface area (Å²) in [4.78, 5) is 9.02. The van der Waals surface area contributed by atoms with Crippen LogP contribution in [0.4, 0.5) is 0 Å². The van der Waals surface area contributed by atoms with Gasteiger partial charge in [0.15, 0.2) is 6.17 Å². The Hall–Kier alpha value is -7.14. The molecule has 4 nitrogen and oxygen atoms in total. The number of amidine groups is 2. The molecular formula is C52H40N4+2. The smallest absolute Gasteiger partial charge is 0.310 e. The Bertz CT molecular complexity index is 2870. The van der Waals surface area contributed by atoms with Crippen LogP contribution in [0.15, 0.2) is 205 Å². The molecule has 10 rings (SSSR count). The van der Waals surface area contributed by atoms with Crippen LogP contribution in [0.25, 0.3) is 55.1 Å². The van der Waals surface area contributed by atoms with Crippen molar-refractivity contribution in [2.24, 2.45) is 4.99 Å². The first-order valence-electron chi connectivity index (χ1n) is 19.3. The molecule has 266 valence electrons. The third-order valence-electron chi connectivity index (χ3n) is 11.0. The lowest BCUT2D eigenvalue weighted by Gasteiger charge is -2.19. The fourth-order valence-corrected chi connectivity index (χ4v) is 8.06. The Morgan fingerprint density at radius 2 is 1.11 bits per heavy atom. The summed E-state index contributed by atoms with van der Waals surface area (Å²) in [6.07, 6.45) is 4.45. The number of quaternary nitrogens is 1. The van der Waals surface area contributed by atoms with Gasteiger partial charge in [0.25, 0.3) is 5.84 Å². The van der Waals surface area contributed by atoms with Crippen molar-refractivity contribution in [2.75, 3.05) is 6.54 Å². The van der Waals surface area contributed by atoms with E-state index in [0.717, 1.165) is 40.5 Å². The minimum Gasteiger partial charge on any atom is -0.310 e. The molecule has 1 atom stereocenters. The van der Waals surface area contributed by atoms with Crippen molar-refractivity contribution in [3.63, 3.8) is 0 Å². The average Bonchev–Trinajstić information content (AvgIpc) is 3.29. The Balaban J connectivity index is 1.09. The van der Waals surface area contributed by atoms with E-state index in [4.69, 9.17) is 4.99 Å². The molecule has 4 N–H and O–H groups in total. The zero-order valence-electron chi connectivity index (χ0n) is 30.9. The second-order valence-corrected chi connectivity index (χ2v) is 14.5. The summed E-state index contributed by atoms with van der Waals surface area (Å²) in [7, 11) is 0. The Morgan fingerprint density at radius 3 is 1.86 bits per heavy atom. The lowest BCUT2D eigenvalue weighted by atomic mass is 9.91. The molecule has 0 saturated heterocycles. The maximum Gasteiger partial charge on any atom is 0.328 e. The van der Waals surface area contributed by atoms with Gasteiger partial charge in [0.05, 0.1) is 5.56 Å². The highest BCUT2D eigenvalue weighted by atomic mass is 15.2. The molecule has 2 aliphatic rings. The van der Waals surface area contributed by atoms with Gasteiger partial charge in [0.2, 0.25) is 0 Å². The Morgan fingerprint density at radius 1 is 0.482 bits per heavy atom. The van der Waals surface area contributed by atoms with Crippen LogP contribution < -0.4 is 15.6 Å². The van der Waals surface area contributed by atoms with Gasteiger partial charge >= 0.3 is 5.84 Å². The Labute approximate surface area is 326 Å². The fourth-order valence-electron chi connectivity index (χ4n) is 8.06. The number of fused-ring (bicyclic) bond motifs is 2. The number of benzene rings is 8. The van der Waals surface area contributed by atoms with Crippen LogP contribution in [-0.4, -0.2) is 18.2 Å². The first kappa shape index (κ1) is 33.4. The van der Waals surface area contributed by atoms with Crippen molar-refractivity contribution in [1.82, 2.24) is 5.32 Å². The van der Waals surface area contributed by atoms with Gasteiger partial charge in [-0.05, 0) is 103 Å². The summed E-state index contributed by atoms with van der Waals surface area (Å²) in [5.41, 5.74) is 13.0. The van der Waals surface area contributed by atoms with Crippen LogP contribution >= 0.6 is 0 Å². The second kappa shape index (κ2) is 14.6. The van der Waals surface area contributed by atoms with Gasteiger partial charge in [-0.1, -0.05) is 146 Å². The minimum absolute atomic E-state index is 0.150. The number of nitrogens with one attached hydrogen (secondary N) is 2. The molecule has 8 aromatic carbocycles. The molecule has 0 fully saturated rings. The van der Waals surface area contributed by atoms with Crippen molar-refractivity contribution in [3.05, 3.63) is 228 Å². The summed E-state index contributed by atoms with van der Waals surface area (Å²) in [5.74, 6) is 1.68. The summed E-state index contributed by atoms with van der Waals surface area (Å²) in [5, 5.41) is 11.0. The quantitative estimate of drug-likeness (QED) is 0.151. The molecule has 56 heavy (non-hydrogen) atoms. The van der Waals surface area contributed by atoms with E-state index >= 15 is 0 Å². The maximum absolute atomic E-state index is 5.25. The zero-order valence-corrected chi connectivity index (χ0v) is 30.9. The first-order valence-corrected chi connectivity index (χ1v) is 19.3. The van der Waals surface area contributed by atoms with Gasteiger partial charge in [0, 0.05) is 28.3 Å². The van der Waals surface area contributed by atoms with E-state index in [1.54, 1.807) is 0 Å². The van der Waals surface area contributed by atoms with Gasteiger partial charge in [-0.3, -0.25) is 0 Å². The number of allylic oxidation sites excluding steroid dienone is 2. The van der Waals surface area contributed by atoms with Gasteiger partial charge in [-0.2, -0.15) is 0 Å². The molecule has 1 unspecified atom stereocenters. The highest BCUT2D eigenvalue weighted by Crippen LogP contribution is 2.34. The molecular weight excluding hydrogens is 681 g/mol. The average molecular weight is 721 g/mol. The number of nitrogens with two attached hydrogens (primary N) is 1. The molecule has 0 aliphatic carbocycles. The molecule has 2 aliphatic heterocycles. The van der Waals surface area contributed by atoms with Crippen LogP contribution in [0.1, 0.15) is 34.0 Å². The molecule has 0 bridgehead atoms. The third kappa shape index (κ3) is 6.53. The molecule has 2 heterocycles. The van der Waals surface area contributed by atoms with Gasteiger partial charge in [-0.15, -0.1) is 0 Å². The fraction of sp³-hybridized carbons (Fsp3) is 0.0385. The minimum atomic E-state index is -0.150. The number of nitrogens with zero attached hydrogens (tertiary/aromatic N) is 1. The molecule has 0 saturated carbocycles. The molecule has 0 amide bonds. The predicted octanol–water partition coefficient (Wildman–Crippen LogP) is 8.90. The van der Waals surface area contributed by atoms with E-state index in [-0.39, 0.29) is 6.17 Å². The van der Waals surface area contributed by atoms with Crippen molar-refractivity contribution < 1.29 is 10.3 Å². The lowest BCUT2D eigenvalue weighted by molar-refractivity contribution is -0.550. The standard InChI is InChI=1S/C52H38N4/c1-4-15-36(16-5-1)45-27-28-48(47-23-13-12-22-46(45)47)49-29-26-41(34-53-49)43-31-42(40-25-24-35-14-10-11-21-39(35)30-40)32-44(33-43)52-55-50(37-17-6-2-7-18-37)54-51(56-52)38-19-8-3-9-20-38/h1-33,50,53H,34H2,(H,54,55,56)/p+2. The summed E-state index contributed by atoms with van der Waals surface area (Å²) < 4.78 is 0. The third-order valence-corrected chi connectivity index (χ3v) is 11.0. The predicted molar refractivity (Wildman–Crippen MR) is 232 cm³/mol. The van der Waals surface area contributed by atoms with Gasteiger partial charge in [0.1, 0.15) is 12.2 Å². The maximum atomic E-state index is 5.25. The van der Waals surface area contributed by atoms with Crippen LogP contribution in [-0.2, 0) is 0 Å². The van der Waals surface area contributed by atoms with E-state index in [1.165, 1.54) is 60.6 Å². The van der Waals surface area contributed by atoms with Crippen LogP contribution in [0.3, 0.4) is 0 Å². The van der Waals surface area contributed by atoms with Crippen LogP contribution in [0.2, 0.25) is 0 Å². The van der Waals surface area contributed by atoms with Gasteiger partial charge in [-0.25, -0.2) is 4.99 Å². The SMILES string of the molecule is C1=C(c2cc(C3=[NH+]C(c4ccccc4)NC(c4ccccc4)=N3)cc(-c3ccc4ccccc4c3)c2)C[NH2+]C(c2ccc(-c3ccccc3)c3ccccc23)=C1. The van der Waals surface area contributed by atoms with Crippen molar-refractivity contribution in [1.29, 1.82) is 0 Å².